The van der Waals surface area contributed by atoms with Crippen LogP contribution in [-0.2, 0) is 0 Å². The number of anilines is 1. The monoisotopic (exact) mass is 235 g/mol. The summed E-state index contributed by atoms with van der Waals surface area (Å²) in [5, 5.41) is 21.8. The topological polar surface area (TPSA) is 69.6 Å². The predicted molar refractivity (Wildman–Crippen MR) is 62.0 cm³/mol. The highest BCUT2D eigenvalue weighted by Crippen LogP contribution is 2.28. The summed E-state index contributed by atoms with van der Waals surface area (Å²) in [5.74, 6) is -0.472. The largest absolute Gasteiger partial charge is 0.507 e. The summed E-state index contributed by atoms with van der Waals surface area (Å²) in [4.78, 5) is 11.7. The van der Waals surface area contributed by atoms with Gasteiger partial charge in [-0.3, -0.25) is 4.79 Å². The molecule has 0 aliphatic carbocycles. The van der Waals surface area contributed by atoms with Gasteiger partial charge in [0, 0.05) is 0 Å². The highest BCUT2D eigenvalue weighted by atomic mass is 32.1. The zero-order valence-electron chi connectivity index (χ0n) is 8.18. The average Bonchev–Trinajstić information content (AvgIpc) is 2.64. The van der Waals surface area contributed by atoms with Crippen LogP contribution in [0.4, 0.5) is 5.00 Å². The molecular formula is C11H9NO3S. The fourth-order valence-electron chi connectivity index (χ4n) is 1.24. The molecule has 1 aromatic carbocycles. The summed E-state index contributed by atoms with van der Waals surface area (Å²) in [6.45, 7) is 0. The summed E-state index contributed by atoms with van der Waals surface area (Å²) in [6.07, 6.45) is 0. The highest BCUT2D eigenvalue weighted by Gasteiger charge is 2.11. The van der Waals surface area contributed by atoms with E-state index in [2.05, 4.69) is 5.32 Å². The Bertz CT molecular complexity index is 521. The van der Waals surface area contributed by atoms with Gasteiger partial charge in [-0.2, -0.15) is 0 Å². The van der Waals surface area contributed by atoms with Crippen LogP contribution in [0.3, 0.4) is 0 Å². The Morgan fingerprint density at radius 2 is 1.88 bits per heavy atom. The summed E-state index contributed by atoms with van der Waals surface area (Å²) in [6, 6.07) is 9.37. The molecule has 3 N–H and O–H groups in total. The van der Waals surface area contributed by atoms with Crippen LogP contribution < -0.4 is 5.32 Å². The molecule has 0 saturated heterocycles. The third-order valence-electron chi connectivity index (χ3n) is 1.98. The predicted octanol–water partition coefficient (Wildman–Crippen LogP) is 2.41. The number of amides is 1. The number of benzene rings is 1. The Hall–Kier alpha value is -2.01. The van der Waals surface area contributed by atoms with Crippen LogP contribution in [0.25, 0.3) is 0 Å². The minimum atomic E-state index is -0.403. The van der Waals surface area contributed by atoms with Gasteiger partial charge in [0.15, 0.2) is 5.06 Å². The van der Waals surface area contributed by atoms with E-state index in [1.165, 1.54) is 18.2 Å². The number of nitrogens with one attached hydrogen (secondary N) is 1. The van der Waals surface area contributed by atoms with E-state index in [0.717, 1.165) is 11.3 Å². The molecule has 0 fully saturated rings. The molecule has 0 unspecified atom stereocenters. The molecule has 2 rings (SSSR count). The molecule has 5 heteroatoms. The van der Waals surface area contributed by atoms with Crippen LogP contribution in [0, 0.1) is 0 Å². The Kier molecular flexibility index (Phi) is 2.78. The van der Waals surface area contributed by atoms with Gasteiger partial charge < -0.3 is 15.5 Å². The molecule has 1 heterocycles. The summed E-state index contributed by atoms with van der Waals surface area (Å²) >= 11 is 1.06. The maximum atomic E-state index is 11.7. The average molecular weight is 235 g/mol. The Morgan fingerprint density at radius 1 is 1.12 bits per heavy atom. The zero-order valence-corrected chi connectivity index (χ0v) is 8.99. The van der Waals surface area contributed by atoms with E-state index >= 15 is 0 Å². The van der Waals surface area contributed by atoms with Gasteiger partial charge >= 0.3 is 0 Å². The van der Waals surface area contributed by atoms with Crippen molar-refractivity contribution in [1.82, 2.24) is 0 Å². The third-order valence-corrected chi connectivity index (χ3v) is 2.78. The quantitative estimate of drug-likeness (QED) is 0.748. The molecule has 0 aliphatic rings. The second kappa shape index (κ2) is 4.24. The smallest absolute Gasteiger partial charge is 0.260 e. The Balaban J connectivity index is 2.18. The minimum absolute atomic E-state index is 0.0687. The van der Waals surface area contributed by atoms with Gasteiger partial charge in [0.2, 0.25) is 0 Å². The van der Waals surface area contributed by atoms with Gasteiger partial charge in [-0.15, -0.1) is 0 Å². The number of carbonyl (C=O) groups excluding carboxylic acids is 1. The van der Waals surface area contributed by atoms with Crippen LogP contribution in [0.5, 0.6) is 10.8 Å². The van der Waals surface area contributed by atoms with Crippen molar-refractivity contribution in [1.29, 1.82) is 0 Å². The first-order valence-electron chi connectivity index (χ1n) is 4.55. The second-order valence-corrected chi connectivity index (χ2v) is 4.17. The van der Waals surface area contributed by atoms with E-state index in [1.54, 1.807) is 18.2 Å². The van der Waals surface area contributed by atoms with Crippen molar-refractivity contribution in [2.45, 2.75) is 0 Å². The van der Waals surface area contributed by atoms with E-state index in [1.807, 2.05) is 0 Å². The fraction of sp³-hybridized carbons (Fsp3) is 0. The highest BCUT2D eigenvalue weighted by molar-refractivity contribution is 7.17. The number of para-hydroxylation sites is 1. The first-order chi connectivity index (χ1) is 7.66. The van der Waals surface area contributed by atoms with E-state index in [-0.39, 0.29) is 16.4 Å². The number of phenols is 1. The van der Waals surface area contributed by atoms with E-state index in [4.69, 9.17) is 5.11 Å². The van der Waals surface area contributed by atoms with Gasteiger partial charge in [-0.1, -0.05) is 23.5 Å². The van der Waals surface area contributed by atoms with Crippen LogP contribution >= 0.6 is 11.3 Å². The lowest BCUT2D eigenvalue weighted by Gasteiger charge is -2.03. The van der Waals surface area contributed by atoms with Gasteiger partial charge in [0.1, 0.15) is 5.75 Å². The summed E-state index contributed by atoms with van der Waals surface area (Å²) in [5.41, 5.74) is 0.204. The van der Waals surface area contributed by atoms with Gasteiger partial charge in [0.05, 0.1) is 10.6 Å². The zero-order chi connectivity index (χ0) is 11.5. The van der Waals surface area contributed by atoms with Crippen LogP contribution in [0.1, 0.15) is 10.4 Å². The fourth-order valence-corrected chi connectivity index (χ4v) is 1.88. The molecule has 1 aromatic heterocycles. The van der Waals surface area contributed by atoms with Gasteiger partial charge in [-0.05, 0) is 24.3 Å². The lowest BCUT2D eigenvalue weighted by Crippen LogP contribution is -2.10. The first kappa shape index (κ1) is 10.5. The molecule has 0 radical (unpaired) electrons. The van der Waals surface area contributed by atoms with Crippen molar-refractivity contribution in [2.75, 3.05) is 5.32 Å². The molecule has 82 valence electrons. The first-order valence-corrected chi connectivity index (χ1v) is 5.36. The number of hydrogen-bond acceptors (Lipinski definition) is 4. The summed E-state index contributed by atoms with van der Waals surface area (Å²) < 4.78 is 0. The number of aromatic hydroxyl groups is 2. The van der Waals surface area contributed by atoms with Crippen molar-refractivity contribution in [3.8, 4) is 10.8 Å². The van der Waals surface area contributed by atoms with E-state index in [0.29, 0.717) is 5.00 Å². The molecule has 4 nitrogen and oxygen atoms in total. The van der Waals surface area contributed by atoms with Crippen molar-refractivity contribution in [3.05, 3.63) is 42.0 Å². The van der Waals surface area contributed by atoms with Crippen molar-refractivity contribution < 1.29 is 15.0 Å². The molecule has 2 aromatic rings. The van der Waals surface area contributed by atoms with E-state index < -0.39 is 5.91 Å². The molecule has 0 aliphatic heterocycles. The van der Waals surface area contributed by atoms with Crippen molar-refractivity contribution >= 4 is 22.2 Å². The molecular weight excluding hydrogens is 226 g/mol. The molecule has 0 atom stereocenters. The maximum Gasteiger partial charge on any atom is 0.260 e. The maximum absolute atomic E-state index is 11.7. The molecule has 0 saturated carbocycles. The van der Waals surface area contributed by atoms with Crippen molar-refractivity contribution in [3.63, 3.8) is 0 Å². The lowest BCUT2D eigenvalue weighted by atomic mass is 10.2. The number of rotatable bonds is 2. The molecule has 16 heavy (non-hydrogen) atoms. The second-order valence-electron chi connectivity index (χ2n) is 3.11. The third kappa shape index (κ3) is 2.14. The normalized spacial score (nSPS) is 10.0. The van der Waals surface area contributed by atoms with E-state index in [9.17, 15) is 9.90 Å². The number of carbonyl (C=O) groups is 1. The van der Waals surface area contributed by atoms with Crippen LogP contribution in [0.2, 0.25) is 0 Å². The molecule has 0 bridgehead atoms. The molecule has 0 spiro atoms. The van der Waals surface area contributed by atoms with Gasteiger partial charge in [0.25, 0.3) is 5.91 Å². The lowest BCUT2D eigenvalue weighted by molar-refractivity contribution is 0.102. The van der Waals surface area contributed by atoms with Crippen LogP contribution in [-0.4, -0.2) is 16.1 Å². The van der Waals surface area contributed by atoms with Crippen LogP contribution in [0.15, 0.2) is 36.4 Å². The summed E-state index contributed by atoms with van der Waals surface area (Å²) in [7, 11) is 0. The SMILES string of the molecule is O=C(Nc1ccc(O)s1)c1ccccc1O. The Labute approximate surface area is 95.8 Å². The number of thiophene rings is 1. The number of hydrogen-bond donors (Lipinski definition) is 3. The minimum Gasteiger partial charge on any atom is -0.507 e. The number of phenolic OH excluding ortho intramolecular Hbond substituents is 1. The van der Waals surface area contributed by atoms with Gasteiger partial charge in [-0.25, -0.2) is 0 Å². The standard InChI is InChI=1S/C11H9NO3S/c13-8-4-2-1-3-7(8)11(15)12-9-5-6-10(14)16-9/h1-6,13-14H,(H,12,15). The Morgan fingerprint density at radius 3 is 2.50 bits per heavy atom. The molecule has 1 amide bonds. The van der Waals surface area contributed by atoms with Crippen molar-refractivity contribution in [2.24, 2.45) is 0 Å².